The molecule has 6 nitrogen and oxygen atoms in total. The maximum atomic E-state index is 13.5. The quantitative estimate of drug-likeness (QED) is 0.436. The van der Waals surface area contributed by atoms with Crippen LogP contribution >= 0.6 is 24.0 Å². The van der Waals surface area contributed by atoms with Gasteiger partial charge in [-0.05, 0) is 43.4 Å². The maximum Gasteiger partial charge on any atom is 0.248 e. The average molecular weight is 407 g/mol. The fourth-order valence-corrected chi connectivity index (χ4v) is 2.73. The summed E-state index contributed by atoms with van der Waals surface area (Å²) in [5.74, 6) is -0.805. The number of carbonyl (C=O) groups excluding carboxylic acids is 2. The van der Waals surface area contributed by atoms with E-state index >= 15 is 0 Å². The van der Waals surface area contributed by atoms with Gasteiger partial charge in [0.05, 0.1) is 17.2 Å². The molecule has 0 aliphatic carbocycles. The maximum absolute atomic E-state index is 13.5. The summed E-state index contributed by atoms with van der Waals surface area (Å²) in [5, 5.41) is 5.43. The second kappa shape index (κ2) is 10.5. The number of benzene rings is 2. The molecule has 0 aliphatic heterocycles. The lowest BCUT2D eigenvalue weighted by molar-refractivity contribution is -0.119. The van der Waals surface area contributed by atoms with Gasteiger partial charge in [-0.25, -0.2) is 4.39 Å². The van der Waals surface area contributed by atoms with E-state index in [1.807, 2.05) is 31.2 Å². The number of hydrazine groups is 1. The molecule has 9 heteroatoms. The third kappa shape index (κ3) is 7.63. The van der Waals surface area contributed by atoms with Gasteiger partial charge in [0.15, 0.2) is 5.11 Å². The van der Waals surface area contributed by atoms with Gasteiger partial charge in [0.1, 0.15) is 5.82 Å². The average Bonchev–Trinajstić information content (AvgIpc) is 2.64. The first kappa shape index (κ1) is 20.7. The molecule has 0 unspecified atom stereocenters. The van der Waals surface area contributed by atoms with Crippen LogP contribution in [-0.4, -0.2) is 28.4 Å². The molecular weight excluding hydrogens is 387 g/mol. The molecule has 0 aromatic heterocycles. The Bertz CT molecular complexity index is 815. The Kier molecular flexibility index (Phi) is 8.02. The predicted molar refractivity (Wildman–Crippen MR) is 111 cm³/mol. The van der Waals surface area contributed by atoms with Crippen molar-refractivity contribution in [2.24, 2.45) is 0 Å². The highest BCUT2D eigenvalue weighted by Gasteiger charge is 2.07. The van der Waals surface area contributed by atoms with E-state index in [1.54, 1.807) is 12.1 Å². The highest BCUT2D eigenvalue weighted by Crippen LogP contribution is 2.12. The van der Waals surface area contributed by atoms with Crippen molar-refractivity contribution < 1.29 is 14.0 Å². The first-order chi connectivity index (χ1) is 12.9. The van der Waals surface area contributed by atoms with Crippen molar-refractivity contribution in [3.63, 3.8) is 0 Å². The molecule has 0 saturated carbocycles. The van der Waals surface area contributed by atoms with Gasteiger partial charge in [0.25, 0.3) is 0 Å². The van der Waals surface area contributed by atoms with Crippen LogP contribution in [0.2, 0.25) is 0 Å². The van der Waals surface area contributed by atoms with Crippen molar-refractivity contribution >= 4 is 52.3 Å². The van der Waals surface area contributed by atoms with Crippen molar-refractivity contribution in [3.05, 3.63) is 59.9 Å². The Morgan fingerprint density at radius 2 is 1.63 bits per heavy atom. The molecule has 0 bridgehead atoms. The highest BCUT2D eigenvalue weighted by atomic mass is 32.2. The van der Waals surface area contributed by atoms with Crippen molar-refractivity contribution in [2.45, 2.75) is 6.92 Å². The molecule has 0 atom stereocenters. The van der Waals surface area contributed by atoms with E-state index in [9.17, 15) is 14.0 Å². The van der Waals surface area contributed by atoms with Crippen molar-refractivity contribution in [3.8, 4) is 0 Å². The van der Waals surface area contributed by atoms with Crippen LogP contribution in [0.25, 0.3) is 0 Å². The molecule has 27 heavy (non-hydrogen) atoms. The zero-order valence-electron chi connectivity index (χ0n) is 14.5. The summed E-state index contributed by atoms with van der Waals surface area (Å²) in [6.45, 7) is 1.96. The molecule has 0 aliphatic rings. The Morgan fingerprint density at radius 1 is 0.963 bits per heavy atom. The number of thiocarbonyl (C=S) groups is 1. The molecule has 0 radical (unpaired) electrons. The van der Waals surface area contributed by atoms with E-state index in [4.69, 9.17) is 12.2 Å². The smallest absolute Gasteiger partial charge is 0.248 e. The number of carbonyl (C=O) groups is 2. The van der Waals surface area contributed by atoms with Crippen LogP contribution in [0.15, 0.2) is 48.5 Å². The molecule has 2 rings (SSSR count). The van der Waals surface area contributed by atoms with E-state index in [1.165, 1.54) is 12.1 Å². The molecule has 4 N–H and O–H groups in total. The Labute approximate surface area is 166 Å². The number of para-hydroxylation sites is 1. The van der Waals surface area contributed by atoms with E-state index < -0.39 is 5.82 Å². The van der Waals surface area contributed by atoms with E-state index in [2.05, 4.69) is 21.5 Å². The lowest BCUT2D eigenvalue weighted by atomic mass is 10.2. The van der Waals surface area contributed by atoms with Gasteiger partial charge >= 0.3 is 0 Å². The van der Waals surface area contributed by atoms with Crippen LogP contribution in [0.4, 0.5) is 15.8 Å². The fourth-order valence-electron chi connectivity index (χ4n) is 1.95. The molecular formula is C18H19FN4O2S2. The van der Waals surface area contributed by atoms with Gasteiger partial charge in [-0.15, -0.1) is 11.8 Å². The van der Waals surface area contributed by atoms with E-state index in [-0.39, 0.29) is 34.1 Å². The summed E-state index contributed by atoms with van der Waals surface area (Å²) in [5.41, 5.74) is 6.88. The Morgan fingerprint density at radius 3 is 2.33 bits per heavy atom. The number of thioether (sulfide) groups is 1. The topological polar surface area (TPSA) is 82.3 Å². The molecule has 142 valence electrons. The van der Waals surface area contributed by atoms with Crippen LogP contribution in [-0.2, 0) is 9.59 Å². The second-order valence-electron chi connectivity index (χ2n) is 5.51. The number of hydrogen-bond donors (Lipinski definition) is 4. The molecule has 2 amide bonds. The Balaban J connectivity index is 1.63. The normalized spacial score (nSPS) is 10.0. The van der Waals surface area contributed by atoms with Crippen molar-refractivity contribution in [1.82, 2.24) is 10.9 Å². The van der Waals surface area contributed by atoms with Gasteiger partial charge in [-0.2, -0.15) is 0 Å². The number of hydrogen-bond acceptors (Lipinski definition) is 4. The largest absolute Gasteiger partial charge is 0.329 e. The van der Waals surface area contributed by atoms with Crippen molar-refractivity contribution in [2.75, 3.05) is 22.1 Å². The summed E-state index contributed by atoms with van der Waals surface area (Å²) < 4.78 is 13.5. The number of aryl methyl sites for hydroxylation is 1. The van der Waals surface area contributed by atoms with Gasteiger partial charge in [-0.3, -0.25) is 20.4 Å². The minimum atomic E-state index is -0.455. The van der Waals surface area contributed by atoms with Crippen molar-refractivity contribution in [1.29, 1.82) is 0 Å². The molecule has 2 aromatic carbocycles. The van der Waals surface area contributed by atoms with Gasteiger partial charge < -0.3 is 10.6 Å². The number of anilines is 2. The first-order valence-electron chi connectivity index (χ1n) is 7.98. The third-order valence-corrected chi connectivity index (χ3v) is 4.38. The minimum absolute atomic E-state index is 0.0514. The fraction of sp³-hybridized carbons (Fsp3) is 0.167. The molecule has 0 heterocycles. The summed E-state index contributed by atoms with van der Waals surface area (Å²) in [6, 6.07) is 13.5. The van der Waals surface area contributed by atoms with E-state index in [0.717, 1.165) is 17.3 Å². The Hall–Kier alpha value is -2.65. The van der Waals surface area contributed by atoms with Gasteiger partial charge in [-0.1, -0.05) is 29.8 Å². The number of nitrogens with one attached hydrogen (secondary N) is 4. The highest BCUT2D eigenvalue weighted by molar-refractivity contribution is 8.00. The van der Waals surface area contributed by atoms with Gasteiger partial charge in [0.2, 0.25) is 11.8 Å². The minimum Gasteiger partial charge on any atom is -0.329 e. The van der Waals surface area contributed by atoms with Crippen LogP contribution in [0.1, 0.15) is 5.56 Å². The summed E-state index contributed by atoms with van der Waals surface area (Å²) in [6.07, 6.45) is 0. The molecule has 0 saturated heterocycles. The third-order valence-electron chi connectivity index (χ3n) is 3.24. The van der Waals surface area contributed by atoms with Crippen LogP contribution in [0.5, 0.6) is 0 Å². The van der Waals surface area contributed by atoms with Crippen LogP contribution < -0.4 is 21.5 Å². The zero-order valence-corrected chi connectivity index (χ0v) is 16.2. The zero-order chi connectivity index (χ0) is 19.6. The SMILES string of the molecule is Cc1ccc(NC(=O)CSCC(=O)NNC(=S)Nc2ccccc2F)cc1. The number of halogens is 1. The lowest BCUT2D eigenvalue weighted by Crippen LogP contribution is -2.44. The standard InChI is InChI=1S/C18H19FN4O2S2/c1-12-6-8-13(9-7-12)20-16(24)10-27-11-17(25)22-23-18(26)21-15-5-3-2-4-14(15)19/h2-9H,10-11H2,1H3,(H,20,24)(H,22,25)(H2,21,23,26). The second-order valence-corrected chi connectivity index (χ2v) is 6.91. The summed E-state index contributed by atoms with van der Waals surface area (Å²) >= 11 is 6.14. The summed E-state index contributed by atoms with van der Waals surface area (Å²) in [7, 11) is 0. The molecule has 0 fully saturated rings. The predicted octanol–water partition coefficient (Wildman–Crippen LogP) is 2.82. The molecule has 2 aromatic rings. The van der Waals surface area contributed by atoms with Crippen LogP contribution in [0.3, 0.4) is 0 Å². The summed E-state index contributed by atoms with van der Waals surface area (Å²) in [4.78, 5) is 23.6. The molecule has 0 spiro atoms. The lowest BCUT2D eigenvalue weighted by Gasteiger charge is -2.12. The number of rotatable bonds is 6. The van der Waals surface area contributed by atoms with E-state index in [0.29, 0.717) is 5.69 Å². The van der Waals surface area contributed by atoms with Gasteiger partial charge in [0, 0.05) is 5.69 Å². The monoisotopic (exact) mass is 406 g/mol. The van der Waals surface area contributed by atoms with Crippen LogP contribution in [0, 0.1) is 12.7 Å². The number of amides is 2. The first-order valence-corrected chi connectivity index (χ1v) is 9.55.